The van der Waals surface area contributed by atoms with Crippen molar-refractivity contribution in [3.8, 4) is 0 Å². The van der Waals surface area contributed by atoms with E-state index in [0.29, 0.717) is 6.54 Å². The highest BCUT2D eigenvalue weighted by Gasteiger charge is 2.23. The Morgan fingerprint density at radius 3 is 2.62 bits per heavy atom. The molecule has 0 amide bonds. The van der Waals surface area contributed by atoms with Gasteiger partial charge < -0.3 is 5.32 Å². The third kappa shape index (κ3) is 4.52. The molecule has 9 heteroatoms. The van der Waals surface area contributed by atoms with Crippen LogP contribution in [0.3, 0.4) is 0 Å². The summed E-state index contributed by atoms with van der Waals surface area (Å²) in [5.41, 5.74) is 2.37. The van der Waals surface area contributed by atoms with Crippen molar-refractivity contribution in [3.63, 3.8) is 0 Å². The van der Waals surface area contributed by atoms with E-state index in [1.807, 2.05) is 11.3 Å². The molecule has 5 rings (SSSR count). The van der Waals surface area contributed by atoms with Crippen molar-refractivity contribution in [1.29, 1.82) is 0 Å². The summed E-state index contributed by atoms with van der Waals surface area (Å²) in [4.78, 5) is 15.0. The van der Waals surface area contributed by atoms with Crippen LogP contribution in [-0.2, 0) is 36.0 Å². The molecule has 1 saturated heterocycles. The van der Waals surface area contributed by atoms with Crippen molar-refractivity contribution in [2.75, 3.05) is 18.4 Å². The summed E-state index contributed by atoms with van der Waals surface area (Å²) in [6.07, 6.45) is 5.87. The van der Waals surface area contributed by atoms with Crippen LogP contribution in [0, 0.1) is 5.92 Å². The van der Waals surface area contributed by atoms with Gasteiger partial charge >= 0.3 is 0 Å². The average molecular weight is 472 g/mol. The molecule has 3 heterocycles. The van der Waals surface area contributed by atoms with Gasteiger partial charge in [0, 0.05) is 11.4 Å². The van der Waals surface area contributed by atoms with Crippen LogP contribution in [0.25, 0.3) is 10.2 Å². The van der Waals surface area contributed by atoms with Gasteiger partial charge in [0.25, 0.3) is 0 Å². The number of anilines is 1. The quantitative estimate of drug-likeness (QED) is 0.569. The zero-order valence-electron chi connectivity index (χ0n) is 18.3. The number of aromatic nitrogens is 2. The summed E-state index contributed by atoms with van der Waals surface area (Å²) in [6.45, 7) is 5.86. The Morgan fingerprint density at radius 1 is 1.16 bits per heavy atom. The van der Waals surface area contributed by atoms with Crippen LogP contribution in [0.5, 0.6) is 0 Å². The van der Waals surface area contributed by atoms with Crippen molar-refractivity contribution in [3.05, 3.63) is 46.1 Å². The maximum Gasteiger partial charge on any atom is 0.238 e. The summed E-state index contributed by atoms with van der Waals surface area (Å²) >= 11 is 1.81. The number of piperidine rings is 1. The first-order valence-electron chi connectivity index (χ1n) is 11.3. The number of nitrogens with one attached hydrogen (secondary N) is 1. The van der Waals surface area contributed by atoms with Crippen LogP contribution < -0.4 is 10.5 Å². The lowest BCUT2D eigenvalue weighted by molar-refractivity contribution is 0.181. The Hall–Kier alpha value is -2.07. The molecule has 1 aliphatic heterocycles. The monoisotopic (exact) mass is 471 g/mol. The Morgan fingerprint density at radius 2 is 1.91 bits per heavy atom. The van der Waals surface area contributed by atoms with Crippen LogP contribution in [0.1, 0.15) is 48.0 Å². The van der Waals surface area contributed by atoms with E-state index in [1.54, 1.807) is 24.3 Å². The lowest BCUT2D eigenvalue weighted by Crippen LogP contribution is -2.33. The Balaban J connectivity index is 1.41. The van der Waals surface area contributed by atoms with Crippen LogP contribution >= 0.6 is 11.3 Å². The summed E-state index contributed by atoms with van der Waals surface area (Å²) in [7, 11) is -3.68. The first-order valence-corrected chi connectivity index (χ1v) is 13.6. The number of nitrogens with two attached hydrogens (primary N) is 1. The predicted octanol–water partition coefficient (Wildman–Crippen LogP) is 3.67. The number of nitrogens with zero attached hydrogens (tertiary/aromatic N) is 3. The maximum atomic E-state index is 11.5. The molecule has 1 aromatic carbocycles. The SMILES string of the molecule is CC1CCN(Cc2nc(NCc3ccc(S(N)(=O)=O)cc3)c3c4c(sc3n2)CCC4)CC1. The Labute approximate surface area is 193 Å². The lowest BCUT2D eigenvalue weighted by Gasteiger charge is -2.29. The molecule has 2 aromatic heterocycles. The molecule has 1 fully saturated rings. The molecule has 3 N–H and O–H groups in total. The third-order valence-electron chi connectivity index (χ3n) is 6.56. The number of hydrogen-bond donors (Lipinski definition) is 2. The van der Waals surface area contributed by atoms with E-state index < -0.39 is 10.0 Å². The topological polar surface area (TPSA) is 101 Å². The lowest BCUT2D eigenvalue weighted by atomic mass is 9.99. The molecule has 2 aliphatic rings. The number of thiophene rings is 1. The van der Waals surface area contributed by atoms with Crippen molar-refractivity contribution in [2.24, 2.45) is 11.1 Å². The van der Waals surface area contributed by atoms with Crippen LogP contribution in [0.4, 0.5) is 5.82 Å². The van der Waals surface area contributed by atoms with Crippen molar-refractivity contribution >= 4 is 37.4 Å². The Kier molecular flexibility index (Phi) is 5.92. The molecule has 0 radical (unpaired) electrons. The van der Waals surface area contributed by atoms with E-state index in [9.17, 15) is 8.42 Å². The minimum absolute atomic E-state index is 0.125. The number of fused-ring (bicyclic) bond motifs is 3. The first-order chi connectivity index (χ1) is 15.4. The molecular formula is C23H29N5O2S2. The highest BCUT2D eigenvalue weighted by atomic mass is 32.2. The van der Waals surface area contributed by atoms with E-state index in [2.05, 4.69) is 17.1 Å². The minimum Gasteiger partial charge on any atom is -0.365 e. The molecule has 0 saturated carbocycles. The van der Waals surface area contributed by atoms with Gasteiger partial charge in [-0.2, -0.15) is 0 Å². The maximum absolute atomic E-state index is 11.5. The molecule has 32 heavy (non-hydrogen) atoms. The largest absolute Gasteiger partial charge is 0.365 e. The molecule has 0 spiro atoms. The van der Waals surface area contributed by atoms with Crippen molar-refractivity contribution in [1.82, 2.24) is 14.9 Å². The molecule has 3 aromatic rings. The summed E-state index contributed by atoms with van der Waals surface area (Å²) in [5, 5.41) is 9.90. The summed E-state index contributed by atoms with van der Waals surface area (Å²) in [6, 6.07) is 6.68. The number of aryl methyl sites for hydroxylation is 2. The number of hydrogen-bond acceptors (Lipinski definition) is 7. The van der Waals surface area contributed by atoms with Gasteiger partial charge in [0.15, 0.2) is 0 Å². The summed E-state index contributed by atoms with van der Waals surface area (Å²) < 4.78 is 23.0. The molecule has 7 nitrogen and oxygen atoms in total. The second-order valence-corrected chi connectivity index (χ2v) is 11.7. The number of primary sulfonamides is 1. The number of sulfonamides is 1. The van der Waals surface area contributed by atoms with Crippen molar-refractivity contribution < 1.29 is 8.42 Å². The normalized spacial score (nSPS) is 17.7. The van der Waals surface area contributed by atoms with E-state index in [0.717, 1.165) is 60.4 Å². The molecule has 0 bridgehead atoms. The molecule has 170 valence electrons. The number of likely N-dealkylation sites (tertiary alicyclic amines) is 1. The van der Waals surface area contributed by atoms with Gasteiger partial charge in [0.05, 0.1) is 16.8 Å². The fourth-order valence-corrected chi connectivity index (χ4v) is 6.44. The molecule has 0 unspecified atom stereocenters. The average Bonchev–Trinajstić information content (AvgIpc) is 3.34. The van der Waals surface area contributed by atoms with Gasteiger partial charge in [-0.25, -0.2) is 23.5 Å². The minimum atomic E-state index is -3.68. The second kappa shape index (κ2) is 8.70. The van der Waals surface area contributed by atoms with Crippen molar-refractivity contribution in [2.45, 2.75) is 57.0 Å². The van der Waals surface area contributed by atoms with E-state index in [-0.39, 0.29) is 4.90 Å². The fraction of sp³-hybridized carbons (Fsp3) is 0.478. The standard InChI is InChI=1S/C23H29N5O2S2/c1-15-9-11-28(12-10-15)14-20-26-22(21-18-3-2-4-19(18)31-23(21)27-20)25-13-16-5-7-17(8-6-16)32(24,29)30/h5-8,15H,2-4,9-14H2,1H3,(H2,24,29,30)(H,25,26,27). The van der Waals surface area contributed by atoms with E-state index in [1.165, 1.54) is 35.1 Å². The van der Waals surface area contributed by atoms with Gasteiger partial charge in [-0.15, -0.1) is 11.3 Å². The third-order valence-corrected chi connectivity index (χ3v) is 8.68. The number of rotatable bonds is 6. The van der Waals surface area contributed by atoms with Crippen LogP contribution in [-0.4, -0.2) is 36.4 Å². The Bertz CT molecular complexity index is 1230. The summed E-state index contributed by atoms with van der Waals surface area (Å²) in [5.74, 6) is 2.57. The van der Waals surface area contributed by atoms with Gasteiger partial charge in [0.2, 0.25) is 10.0 Å². The highest BCUT2D eigenvalue weighted by Crippen LogP contribution is 2.39. The van der Waals surface area contributed by atoms with Gasteiger partial charge in [0.1, 0.15) is 16.5 Å². The van der Waals surface area contributed by atoms with Crippen LogP contribution in [0.2, 0.25) is 0 Å². The smallest absolute Gasteiger partial charge is 0.238 e. The van der Waals surface area contributed by atoms with Gasteiger partial charge in [-0.1, -0.05) is 19.1 Å². The predicted molar refractivity (Wildman–Crippen MR) is 128 cm³/mol. The fourth-order valence-electron chi connectivity index (χ4n) is 4.64. The zero-order valence-corrected chi connectivity index (χ0v) is 19.9. The zero-order chi connectivity index (χ0) is 22.3. The van der Waals surface area contributed by atoms with E-state index >= 15 is 0 Å². The van der Waals surface area contributed by atoms with Crippen LogP contribution in [0.15, 0.2) is 29.2 Å². The molecule has 1 aliphatic carbocycles. The van der Waals surface area contributed by atoms with Gasteiger partial charge in [-0.3, -0.25) is 4.90 Å². The first kappa shape index (κ1) is 21.8. The van der Waals surface area contributed by atoms with E-state index in [4.69, 9.17) is 15.1 Å². The second-order valence-electron chi connectivity index (χ2n) is 9.03. The molecule has 0 atom stereocenters. The molecular weight excluding hydrogens is 442 g/mol. The number of benzene rings is 1. The highest BCUT2D eigenvalue weighted by molar-refractivity contribution is 7.89. The van der Waals surface area contributed by atoms with Gasteiger partial charge in [-0.05, 0) is 74.4 Å².